The molecule has 0 bridgehead atoms. The van der Waals surface area contributed by atoms with E-state index in [-0.39, 0.29) is 17.8 Å². The number of aromatic nitrogens is 2. The van der Waals surface area contributed by atoms with E-state index in [1.807, 2.05) is 0 Å². The van der Waals surface area contributed by atoms with Gasteiger partial charge in [0.15, 0.2) is 0 Å². The van der Waals surface area contributed by atoms with Gasteiger partial charge in [-0.2, -0.15) is 5.10 Å². The molecule has 0 radical (unpaired) electrons. The van der Waals surface area contributed by atoms with Crippen LogP contribution in [0.5, 0.6) is 0 Å². The smallest absolute Gasteiger partial charge is 0.307 e. The van der Waals surface area contributed by atoms with Crippen LogP contribution in [0.4, 0.5) is 5.69 Å². The first-order valence-electron chi connectivity index (χ1n) is 5.03. The monoisotopic (exact) mass is 211 g/mol. The maximum Gasteiger partial charge on any atom is 0.307 e. The van der Waals surface area contributed by atoms with Gasteiger partial charge >= 0.3 is 5.69 Å². The van der Waals surface area contributed by atoms with Crippen molar-refractivity contribution in [1.29, 1.82) is 0 Å². The maximum absolute atomic E-state index is 10.5. The fourth-order valence-corrected chi connectivity index (χ4v) is 2.00. The molecule has 1 N–H and O–H groups in total. The number of aliphatic hydroxyl groups excluding tert-OH is 1. The van der Waals surface area contributed by atoms with Gasteiger partial charge in [-0.1, -0.05) is 0 Å². The largest absolute Gasteiger partial charge is 0.393 e. The van der Waals surface area contributed by atoms with Crippen molar-refractivity contribution in [3.8, 4) is 0 Å². The first-order valence-corrected chi connectivity index (χ1v) is 5.03. The summed E-state index contributed by atoms with van der Waals surface area (Å²) in [7, 11) is 0. The zero-order chi connectivity index (χ0) is 10.8. The Morgan fingerprint density at radius 3 is 3.00 bits per heavy atom. The molecule has 1 aliphatic carbocycles. The number of rotatable bonds is 2. The lowest BCUT2D eigenvalue weighted by Crippen LogP contribution is -2.22. The van der Waals surface area contributed by atoms with Crippen molar-refractivity contribution in [2.45, 2.75) is 37.8 Å². The average Bonchev–Trinajstić information content (AvgIpc) is 2.66. The van der Waals surface area contributed by atoms with Crippen LogP contribution in [-0.2, 0) is 0 Å². The second kappa shape index (κ2) is 3.98. The van der Waals surface area contributed by atoms with E-state index >= 15 is 0 Å². The van der Waals surface area contributed by atoms with E-state index in [4.69, 9.17) is 0 Å². The van der Waals surface area contributed by atoms with Crippen LogP contribution in [0.25, 0.3) is 0 Å². The third-order valence-corrected chi connectivity index (χ3v) is 2.79. The van der Waals surface area contributed by atoms with Crippen molar-refractivity contribution in [3.63, 3.8) is 0 Å². The first kappa shape index (κ1) is 10.1. The first-order chi connectivity index (χ1) is 7.16. The molecule has 0 aromatic carbocycles. The molecule has 1 unspecified atom stereocenters. The van der Waals surface area contributed by atoms with Gasteiger partial charge in [-0.3, -0.25) is 14.8 Å². The minimum atomic E-state index is -0.456. The van der Waals surface area contributed by atoms with Gasteiger partial charge in [0, 0.05) is 0 Å². The highest BCUT2D eigenvalue weighted by atomic mass is 16.6. The summed E-state index contributed by atoms with van der Waals surface area (Å²) in [4.78, 5) is 10.0. The van der Waals surface area contributed by atoms with Crippen LogP contribution in [0, 0.1) is 10.1 Å². The highest BCUT2D eigenvalue weighted by Gasteiger charge is 2.23. The van der Waals surface area contributed by atoms with Crippen LogP contribution >= 0.6 is 0 Å². The quantitative estimate of drug-likeness (QED) is 0.590. The molecule has 0 amide bonds. The molecule has 1 heterocycles. The fourth-order valence-electron chi connectivity index (χ4n) is 2.00. The summed E-state index contributed by atoms with van der Waals surface area (Å²) in [6.45, 7) is 0. The van der Waals surface area contributed by atoms with E-state index < -0.39 is 4.92 Å². The molecule has 6 nitrogen and oxygen atoms in total. The van der Waals surface area contributed by atoms with E-state index in [1.165, 1.54) is 12.4 Å². The fraction of sp³-hybridized carbons (Fsp3) is 0.667. The average molecular weight is 211 g/mol. The topological polar surface area (TPSA) is 81.2 Å². The summed E-state index contributed by atoms with van der Waals surface area (Å²) < 4.78 is 1.60. The number of nitro groups is 1. The van der Waals surface area contributed by atoms with Crippen LogP contribution in [0.1, 0.15) is 31.7 Å². The molecule has 1 aromatic heterocycles. The normalized spacial score (nSPS) is 26.5. The molecule has 0 saturated heterocycles. The summed E-state index contributed by atoms with van der Waals surface area (Å²) in [5, 5.41) is 23.9. The van der Waals surface area contributed by atoms with Gasteiger partial charge < -0.3 is 5.11 Å². The van der Waals surface area contributed by atoms with Crippen molar-refractivity contribution in [2.24, 2.45) is 0 Å². The highest BCUT2D eigenvalue weighted by Crippen LogP contribution is 2.28. The Morgan fingerprint density at radius 1 is 1.60 bits per heavy atom. The SMILES string of the molecule is O=[N+]([O-])c1cnn(C2CCC[C@H](O)C2)c1. The minimum Gasteiger partial charge on any atom is -0.393 e. The van der Waals surface area contributed by atoms with E-state index in [0.717, 1.165) is 19.3 Å². The van der Waals surface area contributed by atoms with Crippen LogP contribution < -0.4 is 0 Å². The van der Waals surface area contributed by atoms with Crippen molar-refractivity contribution < 1.29 is 10.0 Å². The molecule has 0 spiro atoms. The van der Waals surface area contributed by atoms with Gasteiger partial charge in [0.25, 0.3) is 0 Å². The van der Waals surface area contributed by atoms with E-state index in [1.54, 1.807) is 4.68 Å². The van der Waals surface area contributed by atoms with Crippen molar-refractivity contribution >= 4 is 5.69 Å². The lowest BCUT2D eigenvalue weighted by atomic mass is 9.93. The standard InChI is InChI=1S/C9H13N3O3/c13-9-3-1-2-7(4-9)11-6-8(5-10-11)12(14)15/h5-7,9,13H,1-4H2/t7?,9-/m0/s1. The summed E-state index contributed by atoms with van der Waals surface area (Å²) in [5.74, 6) is 0. The zero-order valence-electron chi connectivity index (χ0n) is 8.24. The Hall–Kier alpha value is -1.43. The van der Waals surface area contributed by atoms with Crippen molar-refractivity contribution in [1.82, 2.24) is 9.78 Å². The molecule has 2 atom stereocenters. The summed E-state index contributed by atoms with van der Waals surface area (Å²) >= 11 is 0. The Labute approximate surface area is 86.7 Å². The molecule has 82 valence electrons. The maximum atomic E-state index is 10.5. The predicted octanol–water partition coefficient (Wildman–Crippen LogP) is 1.27. The van der Waals surface area contributed by atoms with Gasteiger partial charge in [0.1, 0.15) is 12.4 Å². The number of aliphatic hydroxyl groups is 1. The summed E-state index contributed by atoms with van der Waals surface area (Å²) in [6, 6.07) is 0.0995. The highest BCUT2D eigenvalue weighted by molar-refractivity contribution is 5.21. The van der Waals surface area contributed by atoms with Gasteiger partial charge in [0.2, 0.25) is 0 Å². The van der Waals surface area contributed by atoms with Gasteiger partial charge in [-0.15, -0.1) is 0 Å². The summed E-state index contributed by atoms with van der Waals surface area (Å²) in [6.07, 6.45) is 5.71. The molecule has 1 aromatic rings. The molecule has 1 fully saturated rings. The molecular weight excluding hydrogens is 198 g/mol. The predicted molar refractivity (Wildman–Crippen MR) is 52.4 cm³/mol. The Kier molecular flexibility index (Phi) is 2.68. The van der Waals surface area contributed by atoms with Gasteiger partial charge in [-0.05, 0) is 25.7 Å². The second-order valence-corrected chi connectivity index (χ2v) is 3.91. The number of hydrogen-bond donors (Lipinski definition) is 1. The van der Waals surface area contributed by atoms with Gasteiger partial charge in [0.05, 0.1) is 17.1 Å². The lowest BCUT2D eigenvalue weighted by Gasteiger charge is -2.25. The molecule has 1 saturated carbocycles. The molecule has 1 aliphatic rings. The van der Waals surface area contributed by atoms with E-state index in [2.05, 4.69) is 5.10 Å². The molecule has 2 rings (SSSR count). The molecule has 0 aliphatic heterocycles. The van der Waals surface area contributed by atoms with Crippen LogP contribution in [0.15, 0.2) is 12.4 Å². The third-order valence-electron chi connectivity index (χ3n) is 2.79. The Balaban J connectivity index is 2.11. The Bertz CT molecular complexity index is 363. The second-order valence-electron chi connectivity index (χ2n) is 3.91. The summed E-state index contributed by atoms with van der Waals surface area (Å²) in [5.41, 5.74) is 0.00932. The number of nitrogens with zero attached hydrogens (tertiary/aromatic N) is 3. The molecular formula is C9H13N3O3. The van der Waals surface area contributed by atoms with Crippen LogP contribution in [0.3, 0.4) is 0 Å². The minimum absolute atomic E-state index is 0.00932. The Morgan fingerprint density at radius 2 is 2.40 bits per heavy atom. The van der Waals surface area contributed by atoms with E-state index in [9.17, 15) is 15.2 Å². The van der Waals surface area contributed by atoms with Crippen LogP contribution in [-0.4, -0.2) is 25.9 Å². The molecule has 6 heteroatoms. The van der Waals surface area contributed by atoms with Crippen LogP contribution in [0.2, 0.25) is 0 Å². The van der Waals surface area contributed by atoms with Gasteiger partial charge in [-0.25, -0.2) is 0 Å². The van der Waals surface area contributed by atoms with Crippen molar-refractivity contribution in [3.05, 3.63) is 22.5 Å². The zero-order valence-corrected chi connectivity index (χ0v) is 8.24. The van der Waals surface area contributed by atoms with E-state index in [0.29, 0.717) is 6.42 Å². The molecule has 15 heavy (non-hydrogen) atoms. The number of hydrogen-bond acceptors (Lipinski definition) is 4. The lowest BCUT2D eigenvalue weighted by molar-refractivity contribution is -0.385. The third kappa shape index (κ3) is 2.15. The van der Waals surface area contributed by atoms with Crippen molar-refractivity contribution in [2.75, 3.05) is 0 Å².